The molecule has 74 heavy (non-hydrogen) atoms. The highest BCUT2D eigenvalue weighted by molar-refractivity contribution is 6.39. The maximum Gasteiger partial charge on any atom is 0.864 e. The minimum atomic E-state index is -5.62. The summed E-state index contributed by atoms with van der Waals surface area (Å²) in [5, 5.41) is 0. The van der Waals surface area contributed by atoms with E-state index in [0.29, 0.717) is 50.7 Å². The highest BCUT2D eigenvalue weighted by Crippen LogP contribution is 2.45. The van der Waals surface area contributed by atoms with E-state index in [9.17, 15) is 105 Å². The average molecular weight is 1110 g/mol. The molecule has 0 radical (unpaired) electrons. The van der Waals surface area contributed by atoms with Gasteiger partial charge in [-0.15, -0.1) is 6.07 Å². The van der Waals surface area contributed by atoms with Gasteiger partial charge in [0.2, 0.25) is 0 Å². The number of nitrogens with zero attached hydrogens (tertiary/aromatic N) is 1. The summed E-state index contributed by atoms with van der Waals surface area (Å²) in [6.45, 7) is 4.93. The van der Waals surface area contributed by atoms with E-state index in [0.717, 1.165) is 0 Å². The van der Waals surface area contributed by atoms with Crippen LogP contribution in [-0.2, 0) is 56.0 Å². The largest absolute Gasteiger partial charge is 0.864 e. The van der Waals surface area contributed by atoms with E-state index in [4.69, 9.17) is 14.0 Å². The topological polar surface area (TPSA) is 27.7 Å². The quantitative estimate of drug-likeness (QED) is 0.0456. The van der Waals surface area contributed by atoms with Crippen molar-refractivity contribution in [3.8, 4) is 17.2 Å². The van der Waals surface area contributed by atoms with Gasteiger partial charge in [-0.05, 0) is 67.8 Å². The van der Waals surface area contributed by atoms with E-state index in [2.05, 4.69) is 0 Å². The van der Waals surface area contributed by atoms with Gasteiger partial charge in [-0.25, -0.2) is 0 Å². The summed E-state index contributed by atoms with van der Waals surface area (Å²) in [7, 11) is -3.26. The summed E-state index contributed by atoms with van der Waals surface area (Å²) in [6, 6.07) is 1.06. The van der Waals surface area contributed by atoms with Gasteiger partial charge < -0.3 is 18.4 Å². The Labute approximate surface area is 405 Å². The molecular weight excluding hydrogens is 1070 g/mol. The lowest BCUT2D eigenvalue weighted by Crippen LogP contribution is -2.50. The highest BCUT2D eigenvalue weighted by atomic mass is 19.4. The second-order valence-corrected chi connectivity index (χ2v) is 16.4. The molecule has 4 aromatic carbocycles. The van der Waals surface area contributed by atoms with Gasteiger partial charge in [-0.2, -0.15) is 124 Å². The van der Waals surface area contributed by atoms with Crippen LogP contribution in [0, 0.1) is 6.07 Å². The number of hydrogen-bond donors (Lipinski definition) is 0. The van der Waals surface area contributed by atoms with Crippen molar-refractivity contribution >= 4 is 7.32 Å². The monoisotopic (exact) mass is 1110 g/mol. The first-order valence-electron chi connectivity index (χ1n) is 21.4. The molecule has 0 atom stereocenters. The van der Waals surface area contributed by atoms with Crippen molar-refractivity contribution in [1.82, 2.24) is 0 Å². The van der Waals surface area contributed by atoms with Crippen LogP contribution in [-0.4, -0.2) is 31.4 Å². The van der Waals surface area contributed by atoms with Crippen molar-refractivity contribution in [3.63, 3.8) is 0 Å². The summed E-state index contributed by atoms with van der Waals surface area (Å²) in [5.74, 6) is -4.61. The summed E-state index contributed by atoms with van der Waals surface area (Å²) in [5.41, 5.74) is -16.1. The number of hydrogen-bond acceptors (Lipinski definition) is 3. The molecule has 0 amide bonds. The fourth-order valence-electron chi connectivity index (χ4n) is 6.91. The summed E-state index contributed by atoms with van der Waals surface area (Å²) in [6.07, 6.45) is -40.4. The van der Waals surface area contributed by atoms with Crippen LogP contribution in [0.15, 0.2) is 66.7 Å². The smallest absolute Gasteiger partial charge is 0.490 e. The van der Waals surface area contributed by atoms with Crippen LogP contribution in [0.5, 0.6) is 17.2 Å². The molecule has 0 aromatic heterocycles. The minimum Gasteiger partial charge on any atom is -0.490 e. The first kappa shape index (κ1) is 62.9. The fraction of sp³-hybridized carbons (Fsp3) is 0.467. The molecule has 4 rings (SSSR count). The fourth-order valence-corrected chi connectivity index (χ4v) is 6.91. The zero-order valence-corrected chi connectivity index (χ0v) is 38.2. The molecule has 0 saturated heterocycles. The van der Waals surface area contributed by atoms with Crippen molar-refractivity contribution in [2.45, 2.75) is 115 Å². The van der Waals surface area contributed by atoms with Crippen molar-refractivity contribution < 1.29 is 124 Å². The highest BCUT2D eigenvalue weighted by Gasteiger charge is 2.46. The predicted molar refractivity (Wildman–Crippen MR) is 216 cm³/mol. The molecule has 0 unspecified atom stereocenters. The van der Waals surface area contributed by atoms with Crippen LogP contribution >= 0.6 is 0 Å². The molecule has 0 N–H and O–H groups in total. The van der Waals surface area contributed by atoms with E-state index >= 15 is 0 Å². The van der Waals surface area contributed by atoms with E-state index in [1.165, 1.54) is 0 Å². The van der Waals surface area contributed by atoms with Crippen LogP contribution in [0.3, 0.4) is 0 Å². The molecule has 0 aliphatic heterocycles. The Hall–Kier alpha value is -5.38. The molecule has 4 aromatic rings. The number of benzene rings is 4. The number of rotatable bonds is 17. The van der Waals surface area contributed by atoms with E-state index in [-0.39, 0.29) is 66.6 Å². The molecule has 0 spiro atoms. The average Bonchev–Trinajstić information content (AvgIpc) is 3.24. The first-order chi connectivity index (χ1) is 33.5. The van der Waals surface area contributed by atoms with Crippen molar-refractivity contribution in [2.24, 2.45) is 0 Å². The molecule has 0 saturated carbocycles. The molecule has 29 heteroatoms. The van der Waals surface area contributed by atoms with Gasteiger partial charge in [0.1, 0.15) is 23.8 Å². The number of halogens is 24. The summed E-state index contributed by atoms with van der Waals surface area (Å²) in [4.78, 5) is 0. The second kappa shape index (κ2) is 23.7. The van der Waals surface area contributed by atoms with Crippen molar-refractivity contribution in [2.75, 3.05) is 19.6 Å². The lowest BCUT2D eigenvalue weighted by Gasteiger charge is -2.40. The second-order valence-electron chi connectivity index (χ2n) is 16.4. The van der Waals surface area contributed by atoms with E-state index in [1.807, 2.05) is 0 Å². The van der Waals surface area contributed by atoms with Crippen molar-refractivity contribution in [1.29, 1.82) is 0 Å². The van der Waals surface area contributed by atoms with Crippen molar-refractivity contribution in [3.05, 3.63) is 123 Å². The molecule has 0 aliphatic rings. The Morgan fingerprint density at radius 1 is 0.378 bits per heavy atom. The molecule has 0 heterocycles. The van der Waals surface area contributed by atoms with Crippen LogP contribution in [0.4, 0.5) is 105 Å². The molecule has 0 bridgehead atoms. The Morgan fingerprint density at radius 2 is 0.676 bits per heavy atom. The number of alkyl halides is 24. The van der Waals surface area contributed by atoms with Gasteiger partial charge in [0, 0.05) is 0 Å². The number of unbranched alkanes of at least 4 members (excludes halogenated alkanes) is 3. The van der Waals surface area contributed by atoms with Crippen LogP contribution in [0.2, 0.25) is 0 Å². The zero-order chi connectivity index (χ0) is 56.7. The lowest BCUT2D eigenvalue weighted by atomic mass is 9.98. The molecular formula is C45H40BF24NO3. The van der Waals surface area contributed by atoms with Crippen LogP contribution in [0.1, 0.15) is 109 Å². The van der Waals surface area contributed by atoms with Gasteiger partial charge >= 0.3 is 56.7 Å². The minimum absolute atomic E-state index is 0.0288. The van der Waals surface area contributed by atoms with Gasteiger partial charge in [-0.1, -0.05) is 51.2 Å². The third kappa shape index (κ3) is 18.5. The normalized spacial score (nSPS) is 13.3. The van der Waals surface area contributed by atoms with E-state index in [1.54, 1.807) is 26.8 Å². The molecule has 0 fully saturated rings. The Kier molecular flexibility index (Phi) is 20.1. The molecule has 4 nitrogen and oxygen atoms in total. The van der Waals surface area contributed by atoms with Crippen LogP contribution < -0.4 is 14.0 Å². The van der Waals surface area contributed by atoms with Gasteiger partial charge in [0.05, 0.1) is 58.6 Å². The Balaban J connectivity index is 0.000000886. The SMILES string of the molecule is CCCC[N+](CCCC)(CCCC)Cc1c(OB(Oc2cc(C(F)(F)F)cc(C(F)(F)F)c2)Oc2cc(C(F)(F)F)cc(C(F)(F)F)c2)cc(C(F)(F)F)cc1C(F)(F)F.FC(F)(F)c1c[c-]cc(C(F)(F)F)c1. The standard InChI is InChI=1S/C37H37BF18NO3.C8H3F6/c1-4-7-10-57(11-8-5-2,12-9-6-3)21-29-30(37(54,55)56)19-26(36(51,52)53)20-31(29)60-38(58-27-15-22(32(39,40)41)13-23(16-27)33(42,43)44)59-28-17-24(34(45,46)47)14-25(18-28)35(48,49)50;9-7(10,11)5-2-1-3-6(4-5)8(12,13)14/h13-20H,4-12,21H2,1-3H3;2-4H/q+1;-1. The Morgan fingerprint density at radius 3 is 0.959 bits per heavy atom. The van der Waals surface area contributed by atoms with Gasteiger partial charge in [0.25, 0.3) is 0 Å². The third-order valence-corrected chi connectivity index (χ3v) is 10.5. The zero-order valence-electron chi connectivity index (χ0n) is 38.2. The van der Waals surface area contributed by atoms with Crippen LogP contribution in [0.25, 0.3) is 0 Å². The first-order valence-corrected chi connectivity index (χ1v) is 21.4. The summed E-state index contributed by atoms with van der Waals surface area (Å²) >= 11 is 0. The van der Waals surface area contributed by atoms with E-state index < -0.39 is 143 Å². The maximum absolute atomic E-state index is 14.9. The third-order valence-electron chi connectivity index (χ3n) is 10.5. The lowest BCUT2D eigenvalue weighted by molar-refractivity contribution is -0.941. The molecule has 0 aliphatic carbocycles. The molecule has 414 valence electrons. The predicted octanol–water partition coefficient (Wildman–Crippen LogP) is 17.6. The van der Waals surface area contributed by atoms with Gasteiger partial charge in [-0.3, -0.25) is 0 Å². The summed E-state index contributed by atoms with van der Waals surface area (Å²) < 4.78 is 339. The van der Waals surface area contributed by atoms with Gasteiger partial charge in [0.15, 0.2) is 0 Å². The number of quaternary nitrogens is 1. The Bertz CT molecular complexity index is 2260. The maximum atomic E-state index is 14.9.